The lowest BCUT2D eigenvalue weighted by Crippen LogP contribution is -2.21. The molecule has 1 N–H and O–H groups in total. The number of aryl methyl sites for hydroxylation is 2. The number of hydrogen-bond donors (Lipinski definition) is 1. The lowest BCUT2D eigenvalue weighted by Gasteiger charge is -2.18. The molecule has 0 saturated heterocycles. The Hall–Kier alpha value is -0.830. The summed E-state index contributed by atoms with van der Waals surface area (Å²) in [4.78, 5) is 2.99. The Morgan fingerprint density at radius 1 is 1.25 bits per heavy atom. The third-order valence-electron chi connectivity index (χ3n) is 3.92. The first-order valence-corrected chi connectivity index (χ1v) is 8.58. The molecule has 0 aliphatic heterocycles. The Kier molecular flexibility index (Phi) is 4.45. The summed E-state index contributed by atoms with van der Waals surface area (Å²) in [6.07, 6.45) is 5.17. The second-order valence-electron chi connectivity index (χ2n) is 5.32. The molecule has 1 atom stereocenters. The summed E-state index contributed by atoms with van der Waals surface area (Å²) in [5, 5.41) is 4.44. The van der Waals surface area contributed by atoms with Crippen LogP contribution < -0.4 is 5.32 Å². The molecule has 1 heterocycles. The van der Waals surface area contributed by atoms with E-state index in [4.69, 9.17) is 11.6 Å². The average Bonchev–Trinajstić information content (AvgIpc) is 2.89. The fraction of sp³-hybridized carbons (Fsp3) is 0.412. The van der Waals surface area contributed by atoms with Crippen LogP contribution in [0, 0.1) is 0 Å². The third kappa shape index (κ3) is 2.78. The van der Waals surface area contributed by atoms with E-state index in [1.54, 1.807) is 10.4 Å². The molecule has 1 aliphatic carbocycles. The number of benzene rings is 1. The highest BCUT2D eigenvalue weighted by Crippen LogP contribution is 2.37. The van der Waals surface area contributed by atoms with Crippen molar-refractivity contribution in [2.75, 3.05) is 6.54 Å². The SMILES string of the molecule is CCNC(c1cc2c(s1)CCCC2)c1ccccc1Cl. The molecule has 1 aromatic heterocycles. The maximum atomic E-state index is 6.40. The van der Waals surface area contributed by atoms with Gasteiger partial charge in [0.1, 0.15) is 0 Å². The van der Waals surface area contributed by atoms with E-state index in [2.05, 4.69) is 30.4 Å². The van der Waals surface area contributed by atoms with Gasteiger partial charge in [-0.15, -0.1) is 11.3 Å². The molecule has 106 valence electrons. The molecule has 0 bridgehead atoms. The zero-order valence-corrected chi connectivity index (χ0v) is 13.4. The highest BCUT2D eigenvalue weighted by Gasteiger charge is 2.21. The van der Waals surface area contributed by atoms with Crippen molar-refractivity contribution in [1.29, 1.82) is 0 Å². The van der Waals surface area contributed by atoms with E-state index in [9.17, 15) is 0 Å². The fourth-order valence-corrected chi connectivity index (χ4v) is 4.53. The molecule has 0 saturated carbocycles. The van der Waals surface area contributed by atoms with Crippen molar-refractivity contribution in [2.45, 2.75) is 38.6 Å². The Morgan fingerprint density at radius 2 is 2.05 bits per heavy atom. The summed E-state index contributed by atoms with van der Waals surface area (Å²) in [5.74, 6) is 0. The van der Waals surface area contributed by atoms with Crippen molar-refractivity contribution in [3.63, 3.8) is 0 Å². The maximum absolute atomic E-state index is 6.40. The van der Waals surface area contributed by atoms with Gasteiger partial charge in [-0.05, 0) is 55.5 Å². The molecule has 0 amide bonds. The van der Waals surface area contributed by atoms with E-state index >= 15 is 0 Å². The van der Waals surface area contributed by atoms with Crippen molar-refractivity contribution >= 4 is 22.9 Å². The van der Waals surface area contributed by atoms with Gasteiger partial charge in [0.15, 0.2) is 0 Å². The number of nitrogens with one attached hydrogen (secondary N) is 1. The molecule has 2 aromatic rings. The van der Waals surface area contributed by atoms with Gasteiger partial charge in [-0.3, -0.25) is 0 Å². The zero-order chi connectivity index (χ0) is 13.9. The van der Waals surface area contributed by atoms with Crippen molar-refractivity contribution in [3.8, 4) is 0 Å². The number of rotatable bonds is 4. The van der Waals surface area contributed by atoms with Crippen LogP contribution in [0.4, 0.5) is 0 Å². The van der Waals surface area contributed by atoms with Gasteiger partial charge < -0.3 is 5.32 Å². The van der Waals surface area contributed by atoms with Crippen LogP contribution >= 0.6 is 22.9 Å². The summed E-state index contributed by atoms with van der Waals surface area (Å²) in [5.41, 5.74) is 2.75. The molecule has 3 heteroatoms. The predicted molar refractivity (Wildman–Crippen MR) is 87.9 cm³/mol. The van der Waals surface area contributed by atoms with Crippen LogP contribution in [-0.2, 0) is 12.8 Å². The van der Waals surface area contributed by atoms with Gasteiger partial charge in [-0.1, -0.05) is 36.7 Å². The molecule has 3 rings (SSSR count). The first kappa shape index (κ1) is 14.1. The van der Waals surface area contributed by atoms with Crippen LogP contribution in [0.25, 0.3) is 0 Å². The number of hydrogen-bond acceptors (Lipinski definition) is 2. The molecule has 0 radical (unpaired) electrons. The van der Waals surface area contributed by atoms with E-state index in [-0.39, 0.29) is 6.04 Å². The van der Waals surface area contributed by atoms with Crippen molar-refractivity contribution in [2.24, 2.45) is 0 Å². The molecule has 1 aromatic carbocycles. The largest absolute Gasteiger partial charge is 0.306 e. The lowest BCUT2D eigenvalue weighted by molar-refractivity contribution is 0.639. The first-order chi connectivity index (χ1) is 9.79. The minimum absolute atomic E-state index is 0.226. The average molecular weight is 306 g/mol. The zero-order valence-electron chi connectivity index (χ0n) is 11.8. The molecular weight excluding hydrogens is 286 g/mol. The van der Waals surface area contributed by atoms with Gasteiger partial charge in [-0.25, -0.2) is 0 Å². The summed E-state index contributed by atoms with van der Waals surface area (Å²) >= 11 is 8.36. The highest BCUT2D eigenvalue weighted by atomic mass is 35.5. The van der Waals surface area contributed by atoms with E-state index in [1.807, 2.05) is 23.5 Å². The predicted octanol–water partition coefficient (Wildman–Crippen LogP) is 4.98. The van der Waals surface area contributed by atoms with Gasteiger partial charge >= 0.3 is 0 Å². The van der Waals surface area contributed by atoms with Gasteiger partial charge in [0.25, 0.3) is 0 Å². The molecule has 1 aliphatic rings. The Labute approximate surface area is 130 Å². The Bertz CT molecular complexity index is 567. The Morgan fingerprint density at radius 3 is 2.80 bits per heavy atom. The molecule has 20 heavy (non-hydrogen) atoms. The quantitative estimate of drug-likeness (QED) is 0.840. The van der Waals surface area contributed by atoms with E-state index < -0.39 is 0 Å². The third-order valence-corrected chi connectivity index (χ3v) is 5.57. The van der Waals surface area contributed by atoms with Crippen molar-refractivity contribution in [1.82, 2.24) is 5.32 Å². The normalized spacial score (nSPS) is 15.9. The minimum atomic E-state index is 0.226. The number of halogens is 1. The van der Waals surface area contributed by atoms with Crippen LogP contribution in [0.3, 0.4) is 0 Å². The monoisotopic (exact) mass is 305 g/mol. The van der Waals surface area contributed by atoms with Crippen molar-refractivity contribution < 1.29 is 0 Å². The second-order valence-corrected chi connectivity index (χ2v) is 6.89. The van der Waals surface area contributed by atoms with E-state index in [0.717, 1.165) is 11.6 Å². The van der Waals surface area contributed by atoms with Crippen LogP contribution in [-0.4, -0.2) is 6.54 Å². The maximum Gasteiger partial charge on any atom is 0.0685 e. The lowest BCUT2D eigenvalue weighted by atomic mass is 9.97. The first-order valence-electron chi connectivity index (χ1n) is 7.39. The van der Waals surface area contributed by atoms with Gasteiger partial charge in [-0.2, -0.15) is 0 Å². The summed E-state index contributed by atoms with van der Waals surface area (Å²) < 4.78 is 0. The molecule has 1 unspecified atom stereocenters. The van der Waals surface area contributed by atoms with E-state index in [1.165, 1.54) is 36.1 Å². The Balaban J connectivity index is 1.98. The molecular formula is C17H20ClNS. The highest BCUT2D eigenvalue weighted by molar-refractivity contribution is 7.12. The van der Waals surface area contributed by atoms with Gasteiger partial charge in [0.05, 0.1) is 6.04 Å². The molecule has 0 spiro atoms. The van der Waals surface area contributed by atoms with Crippen LogP contribution in [0.1, 0.15) is 46.7 Å². The standard InChI is InChI=1S/C17H20ClNS/c1-2-19-17(13-8-4-5-9-14(13)18)16-11-12-7-3-6-10-15(12)20-16/h4-5,8-9,11,17,19H,2-3,6-7,10H2,1H3. The van der Waals surface area contributed by atoms with Crippen LogP contribution in [0.2, 0.25) is 5.02 Å². The smallest absolute Gasteiger partial charge is 0.0685 e. The summed E-state index contributed by atoms with van der Waals surface area (Å²) in [6, 6.07) is 10.8. The second kappa shape index (κ2) is 6.30. The number of thiophene rings is 1. The fourth-order valence-electron chi connectivity index (χ4n) is 2.93. The van der Waals surface area contributed by atoms with Crippen LogP contribution in [0.15, 0.2) is 30.3 Å². The van der Waals surface area contributed by atoms with Crippen LogP contribution in [0.5, 0.6) is 0 Å². The topological polar surface area (TPSA) is 12.0 Å². The van der Waals surface area contributed by atoms with Gasteiger partial charge in [0.2, 0.25) is 0 Å². The number of fused-ring (bicyclic) bond motifs is 1. The summed E-state index contributed by atoms with van der Waals surface area (Å²) in [7, 11) is 0. The summed E-state index contributed by atoms with van der Waals surface area (Å²) in [6.45, 7) is 3.09. The van der Waals surface area contributed by atoms with Gasteiger partial charge in [0, 0.05) is 14.8 Å². The van der Waals surface area contributed by atoms with E-state index in [0.29, 0.717) is 0 Å². The molecule has 0 fully saturated rings. The van der Waals surface area contributed by atoms with Crippen molar-refractivity contribution in [3.05, 3.63) is 56.2 Å². The minimum Gasteiger partial charge on any atom is -0.306 e. The molecule has 1 nitrogen and oxygen atoms in total.